The first kappa shape index (κ1) is 10.3. The summed E-state index contributed by atoms with van der Waals surface area (Å²) < 4.78 is 5.48. The minimum absolute atomic E-state index is 0.0901. The fraction of sp³-hybridized carbons (Fsp3) is 0.700. The van der Waals surface area contributed by atoms with Gasteiger partial charge in [0, 0.05) is 6.42 Å². The minimum Gasteiger partial charge on any atom is -0.376 e. The molecule has 0 radical (unpaired) electrons. The molecular formula is C10H17NO2. The molecule has 1 saturated heterocycles. The van der Waals surface area contributed by atoms with Crippen molar-refractivity contribution in [3.63, 3.8) is 0 Å². The Labute approximate surface area is 79.2 Å². The zero-order chi connectivity index (χ0) is 9.90. The molecule has 1 atom stereocenters. The number of amides is 1. The first-order valence-electron chi connectivity index (χ1n) is 4.64. The third-order valence-electron chi connectivity index (χ3n) is 2.25. The fourth-order valence-electron chi connectivity index (χ4n) is 1.37. The van der Waals surface area contributed by atoms with Crippen LogP contribution in [0.15, 0.2) is 12.7 Å². The smallest absolute Gasteiger partial charge is 0.220 e. The topological polar surface area (TPSA) is 38.3 Å². The monoisotopic (exact) mass is 183 g/mol. The molecule has 1 fully saturated rings. The summed E-state index contributed by atoms with van der Waals surface area (Å²) in [5.74, 6) is 0.0901. The Morgan fingerprint density at radius 3 is 2.85 bits per heavy atom. The number of hydrogen-bond acceptors (Lipinski definition) is 2. The molecule has 13 heavy (non-hydrogen) atoms. The van der Waals surface area contributed by atoms with E-state index in [0.29, 0.717) is 13.0 Å². The molecule has 1 rings (SSSR count). The van der Waals surface area contributed by atoms with Crippen LogP contribution in [0, 0.1) is 0 Å². The third kappa shape index (κ3) is 2.56. The van der Waals surface area contributed by atoms with Crippen LogP contribution in [0.5, 0.6) is 0 Å². The fourth-order valence-corrected chi connectivity index (χ4v) is 1.37. The number of ether oxygens (including phenoxy) is 1. The molecule has 1 aliphatic rings. The number of rotatable bonds is 4. The van der Waals surface area contributed by atoms with Crippen LogP contribution < -0.4 is 5.32 Å². The van der Waals surface area contributed by atoms with Crippen LogP contribution >= 0.6 is 0 Å². The average molecular weight is 183 g/mol. The molecule has 0 aromatic heterocycles. The largest absolute Gasteiger partial charge is 0.376 e. The average Bonchev–Trinajstić information content (AvgIpc) is 2.45. The van der Waals surface area contributed by atoms with Crippen molar-refractivity contribution in [1.29, 1.82) is 0 Å². The lowest BCUT2D eigenvalue weighted by Gasteiger charge is -2.25. The van der Waals surface area contributed by atoms with Gasteiger partial charge in [-0.3, -0.25) is 4.79 Å². The molecule has 0 spiro atoms. The maximum absolute atomic E-state index is 11.0. The third-order valence-corrected chi connectivity index (χ3v) is 2.25. The Hall–Kier alpha value is -0.830. The summed E-state index contributed by atoms with van der Waals surface area (Å²) in [6.07, 6.45) is 3.34. The van der Waals surface area contributed by atoms with Gasteiger partial charge in [-0.25, -0.2) is 0 Å². The number of hydrogen-bond donors (Lipinski definition) is 1. The number of carbonyl (C=O) groups is 1. The lowest BCUT2D eigenvalue weighted by Crippen LogP contribution is -2.44. The normalized spacial score (nSPS) is 27.8. The second-order valence-corrected chi connectivity index (χ2v) is 3.77. The van der Waals surface area contributed by atoms with Crippen molar-refractivity contribution < 1.29 is 9.53 Å². The second kappa shape index (κ2) is 3.92. The molecule has 3 nitrogen and oxygen atoms in total. The quantitative estimate of drug-likeness (QED) is 0.666. The van der Waals surface area contributed by atoms with E-state index in [4.69, 9.17) is 4.74 Å². The van der Waals surface area contributed by atoms with Crippen LogP contribution in [0.4, 0.5) is 0 Å². The van der Waals surface area contributed by atoms with E-state index in [-0.39, 0.29) is 17.6 Å². The van der Waals surface area contributed by atoms with Crippen LogP contribution in [0.2, 0.25) is 0 Å². The van der Waals surface area contributed by atoms with Crippen molar-refractivity contribution >= 4 is 5.91 Å². The van der Waals surface area contributed by atoms with Gasteiger partial charge >= 0.3 is 0 Å². The zero-order valence-electron chi connectivity index (χ0n) is 8.30. The van der Waals surface area contributed by atoms with Gasteiger partial charge in [0.1, 0.15) is 0 Å². The van der Waals surface area contributed by atoms with E-state index >= 15 is 0 Å². The van der Waals surface area contributed by atoms with Crippen molar-refractivity contribution in [3.8, 4) is 0 Å². The van der Waals surface area contributed by atoms with Gasteiger partial charge in [-0.05, 0) is 20.3 Å². The first-order chi connectivity index (χ1) is 6.08. The highest BCUT2D eigenvalue weighted by molar-refractivity contribution is 5.80. The molecule has 0 unspecified atom stereocenters. The van der Waals surface area contributed by atoms with Gasteiger partial charge in [-0.15, -0.1) is 6.58 Å². The number of carbonyl (C=O) groups excluding carboxylic acids is 1. The van der Waals surface area contributed by atoms with Crippen molar-refractivity contribution in [1.82, 2.24) is 5.32 Å². The summed E-state index contributed by atoms with van der Waals surface area (Å²) in [7, 11) is 0. The molecule has 0 aromatic carbocycles. The summed E-state index contributed by atoms with van der Waals surface area (Å²) in [4.78, 5) is 11.0. The van der Waals surface area contributed by atoms with Gasteiger partial charge < -0.3 is 10.1 Å². The van der Waals surface area contributed by atoms with Crippen molar-refractivity contribution in [2.45, 2.75) is 38.3 Å². The van der Waals surface area contributed by atoms with E-state index in [2.05, 4.69) is 11.9 Å². The summed E-state index contributed by atoms with van der Waals surface area (Å²) in [6, 6.07) is 0. The summed E-state index contributed by atoms with van der Waals surface area (Å²) in [5, 5.41) is 2.89. The summed E-state index contributed by atoms with van der Waals surface area (Å²) >= 11 is 0. The van der Waals surface area contributed by atoms with E-state index in [9.17, 15) is 4.79 Å². The maximum atomic E-state index is 11.0. The van der Waals surface area contributed by atoms with E-state index in [1.807, 2.05) is 13.8 Å². The molecular weight excluding hydrogens is 166 g/mol. The highest BCUT2D eigenvalue weighted by Gasteiger charge is 2.35. The molecule has 1 heterocycles. The first-order valence-corrected chi connectivity index (χ1v) is 4.64. The molecule has 0 bridgehead atoms. The molecule has 1 N–H and O–H groups in total. The molecule has 0 saturated carbocycles. The molecule has 1 amide bonds. The maximum Gasteiger partial charge on any atom is 0.220 e. The van der Waals surface area contributed by atoms with Crippen molar-refractivity contribution in [2.24, 2.45) is 0 Å². The molecule has 1 aliphatic heterocycles. The standard InChI is InChI=1S/C10H17NO2/c1-4-10(7-13-8(2)3)6-5-9(12)11-10/h4,8H,1,5-7H2,2-3H3,(H,11,12)/t10-/m0/s1. The minimum atomic E-state index is -0.318. The van der Waals surface area contributed by atoms with Gasteiger partial charge in [0.05, 0.1) is 18.2 Å². The van der Waals surface area contributed by atoms with Gasteiger partial charge in [0.2, 0.25) is 5.91 Å². The van der Waals surface area contributed by atoms with Crippen LogP contribution in [-0.4, -0.2) is 24.2 Å². The number of nitrogens with one attached hydrogen (secondary N) is 1. The van der Waals surface area contributed by atoms with Crippen molar-refractivity contribution in [3.05, 3.63) is 12.7 Å². The van der Waals surface area contributed by atoms with E-state index in [1.54, 1.807) is 6.08 Å². The van der Waals surface area contributed by atoms with Crippen LogP contribution in [0.3, 0.4) is 0 Å². The Morgan fingerprint density at radius 1 is 1.77 bits per heavy atom. The van der Waals surface area contributed by atoms with Gasteiger partial charge in [-0.2, -0.15) is 0 Å². The lowest BCUT2D eigenvalue weighted by atomic mass is 9.99. The Morgan fingerprint density at radius 2 is 2.46 bits per heavy atom. The SMILES string of the molecule is C=C[C@@]1(COC(C)C)CCC(=O)N1. The van der Waals surface area contributed by atoms with Gasteiger partial charge in [0.15, 0.2) is 0 Å². The van der Waals surface area contributed by atoms with Gasteiger partial charge in [0.25, 0.3) is 0 Å². The van der Waals surface area contributed by atoms with E-state index in [0.717, 1.165) is 6.42 Å². The van der Waals surface area contributed by atoms with Gasteiger partial charge in [-0.1, -0.05) is 6.08 Å². The second-order valence-electron chi connectivity index (χ2n) is 3.77. The van der Waals surface area contributed by atoms with E-state index in [1.165, 1.54) is 0 Å². The predicted molar refractivity (Wildman–Crippen MR) is 51.4 cm³/mol. The summed E-state index contributed by atoms with van der Waals surface area (Å²) in [5.41, 5.74) is -0.318. The molecule has 3 heteroatoms. The zero-order valence-corrected chi connectivity index (χ0v) is 8.30. The van der Waals surface area contributed by atoms with Crippen LogP contribution in [0.1, 0.15) is 26.7 Å². The van der Waals surface area contributed by atoms with Crippen LogP contribution in [0.25, 0.3) is 0 Å². The Balaban J connectivity index is 2.51. The molecule has 74 valence electrons. The van der Waals surface area contributed by atoms with Crippen molar-refractivity contribution in [2.75, 3.05) is 6.61 Å². The Kier molecular flexibility index (Phi) is 3.09. The lowest BCUT2D eigenvalue weighted by molar-refractivity contribution is -0.120. The molecule has 0 aliphatic carbocycles. The molecule has 0 aromatic rings. The highest BCUT2D eigenvalue weighted by atomic mass is 16.5. The van der Waals surface area contributed by atoms with E-state index < -0.39 is 0 Å². The van der Waals surface area contributed by atoms with Crippen LogP contribution in [-0.2, 0) is 9.53 Å². The summed E-state index contributed by atoms with van der Waals surface area (Å²) in [6.45, 7) is 8.22. The highest BCUT2D eigenvalue weighted by Crippen LogP contribution is 2.21. The predicted octanol–water partition coefficient (Wildman–Crippen LogP) is 1.25. The Bertz CT molecular complexity index is 213.